The summed E-state index contributed by atoms with van der Waals surface area (Å²) < 4.78 is 44.5. The van der Waals surface area contributed by atoms with Crippen molar-refractivity contribution in [1.82, 2.24) is 0 Å². The molecule has 11 heteroatoms. The Labute approximate surface area is 176 Å². The molecule has 0 aromatic rings. The van der Waals surface area contributed by atoms with E-state index in [-0.39, 0.29) is 42.1 Å². The van der Waals surface area contributed by atoms with Crippen molar-refractivity contribution in [1.29, 1.82) is 0 Å². The number of ether oxygens (including phenoxy) is 3. The summed E-state index contributed by atoms with van der Waals surface area (Å²) in [5, 5.41) is 0. The zero-order valence-electron chi connectivity index (χ0n) is 16.4. The van der Waals surface area contributed by atoms with Crippen molar-refractivity contribution in [3.8, 4) is 0 Å². The minimum atomic E-state index is -4.31. The van der Waals surface area contributed by atoms with Crippen LogP contribution >= 0.6 is 0 Å². The SMILES string of the molecule is C=C(C)C(=O)OCC(C)(COC(=O)C(=C)C)C(=O)OCCS(=O)(=O)O.[H-].[Na+]. The van der Waals surface area contributed by atoms with Crippen LogP contribution in [0.5, 0.6) is 0 Å². The second-order valence-corrected chi connectivity index (χ2v) is 7.27. The predicted molar refractivity (Wildman–Crippen MR) is 88.1 cm³/mol. The van der Waals surface area contributed by atoms with Gasteiger partial charge in [0.1, 0.15) is 31.0 Å². The fraction of sp³-hybridized carbons (Fsp3) is 0.533. The van der Waals surface area contributed by atoms with E-state index < -0.39 is 59.0 Å². The molecule has 0 aliphatic rings. The summed E-state index contributed by atoms with van der Waals surface area (Å²) in [6.45, 7) is 9.31. The topological polar surface area (TPSA) is 133 Å². The first-order chi connectivity index (χ1) is 11.3. The molecule has 9 nitrogen and oxygen atoms in total. The van der Waals surface area contributed by atoms with Crippen molar-refractivity contribution in [3.05, 3.63) is 24.3 Å². The van der Waals surface area contributed by atoms with Crippen LogP contribution < -0.4 is 29.6 Å². The van der Waals surface area contributed by atoms with Gasteiger partial charge in [0.25, 0.3) is 10.1 Å². The van der Waals surface area contributed by atoms with Gasteiger partial charge < -0.3 is 15.6 Å². The maximum atomic E-state index is 12.2. The molecule has 0 heterocycles. The second-order valence-electron chi connectivity index (χ2n) is 5.70. The van der Waals surface area contributed by atoms with Gasteiger partial charge in [0.05, 0.1) is 0 Å². The van der Waals surface area contributed by atoms with Gasteiger partial charge in [-0.25, -0.2) is 9.59 Å². The van der Waals surface area contributed by atoms with Crippen molar-refractivity contribution in [2.75, 3.05) is 25.6 Å². The van der Waals surface area contributed by atoms with Crippen LogP contribution in [0.4, 0.5) is 0 Å². The van der Waals surface area contributed by atoms with E-state index in [0.717, 1.165) is 0 Å². The van der Waals surface area contributed by atoms with Crippen molar-refractivity contribution in [2.45, 2.75) is 20.8 Å². The Kier molecular flexibility index (Phi) is 12.0. The van der Waals surface area contributed by atoms with Crippen molar-refractivity contribution in [3.63, 3.8) is 0 Å². The van der Waals surface area contributed by atoms with Gasteiger partial charge in [-0.1, -0.05) is 13.2 Å². The number of carbonyl (C=O) groups is 3. The molecule has 0 atom stereocenters. The molecule has 0 aromatic carbocycles. The molecule has 26 heavy (non-hydrogen) atoms. The van der Waals surface area contributed by atoms with Crippen LogP contribution in [-0.4, -0.2) is 56.5 Å². The molecule has 0 aliphatic carbocycles. The Morgan fingerprint density at radius 3 is 1.69 bits per heavy atom. The first-order valence-corrected chi connectivity index (χ1v) is 8.67. The molecule has 0 spiro atoms. The third-order valence-corrected chi connectivity index (χ3v) is 3.49. The molecule has 144 valence electrons. The summed E-state index contributed by atoms with van der Waals surface area (Å²) in [5.41, 5.74) is -1.39. The zero-order valence-corrected chi connectivity index (χ0v) is 18.2. The molecule has 0 radical (unpaired) electrons. The Balaban J connectivity index is -0.00000288. The second kappa shape index (κ2) is 11.5. The average molecular weight is 402 g/mol. The molecule has 0 unspecified atom stereocenters. The third kappa shape index (κ3) is 10.7. The zero-order chi connectivity index (χ0) is 19.8. The van der Waals surface area contributed by atoms with E-state index in [0.29, 0.717) is 0 Å². The third-order valence-electron chi connectivity index (χ3n) is 2.81. The van der Waals surface area contributed by atoms with Crippen molar-refractivity contribution in [2.24, 2.45) is 5.41 Å². The van der Waals surface area contributed by atoms with Gasteiger partial charge >= 0.3 is 47.5 Å². The van der Waals surface area contributed by atoms with Gasteiger partial charge in [0, 0.05) is 11.1 Å². The quantitative estimate of drug-likeness (QED) is 0.142. The van der Waals surface area contributed by atoms with Gasteiger partial charge in [-0.2, -0.15) is 8.42 Å². The van der Waals surface area contributed by atoms with Crippen LogP contribution in [-0.2, 0) is 38.7 Å². The molecule has 0 bridgehead atoms. The fourth-order valence-corrected chi connectivity index (χ4v) is 1.56. The van der Waals surface area contributed by atoms with E-state index in [2.05, 4.69) is 13.2 Å². The first-order valence-electron chi connectivity index (χ1n) is 7.06. The molecule has 0 saturated carbocycles. The first kappa shape index (κ1) is 27.0. The maximum Gasteiger partial charge on any atom is 1.00 e. The molecule has 0 saturated heterocycles. The largest absolute Gasteiger partial charge is 1.00 e. The normalized spacial score (nSPS) is 10.9. The van der Waals surface area contributed by atoms with Crippen LogP contribution in [0.25, 0.3) is 0 Å². The van der Waals surface area contributed by atoms with E-state index in [4.69, 9.17) is 18.8 Å². The summed E-state index contributed by atoms with van der Waals surface area (Å²) in [6, 6.07) is 0. The molecule has 0 aliphatic heterocycles. The average Bonchev–Trinajstić information content (AvgIpc) is 2.48. The number of esters is 3. The standard InChI is InChI=1S/C15H22O9S.Na.H/c1-10(2)12(16)23-8-15(5,9-24-13(17)11(3)4)14(18)22-6-7-25(19,20)21;;/h1,3,6-9H2,2,4-5H3,(H,19,20,21);;/q;+1;-1. The number of rotatable bonds is 10. The summed E-state index contributed by atoms with van der Waals surface area (Å²) in [5.74, 6) is -3.29. The molecule has 0 rings (SSSR count). The van der Waals surface area contributed by atoms with Gasteiger partial charge in [-0.3, -0.25) is 9.35 Å². The van der Waals surface area contributed by atoms with Gasteiger partial charge in [-0.05, 0) is 20.8 Å². The van der Waals surface area contributed by atoms with Crippen molar-refractivity contribution >= 4 is 28.0 Å². The molecule has 1 N–H and O–H groups in total. The summed E-state index contributed by atoms with van der Waals surface area (Å²) >= 11 is 0. The molecular weight excluding hydrogens is 379 g/mol. The Bertz CT molecular complexity index is 643. The number of hydrogen-bond acceptors (Lipinski definition) is 8. The van der Waals surface area contributed by atoms with E-state index in [1.165, 1.54) is 20.8 Å². The van der Waals surface area contributed by atoms with Crippen LogP contribution in [0.2, 0.25) is 0 Å². The van der Waals surface area contributed by atoms with E-state index in [1.54, 1.807) is 0 Å². The van der Waals surface area contributed by atoms with Gasteiger partial charge in [-0.15, -0.1) is 0 Å². The predicted octanol–water partition coefficient (Wildman–Crippen LogP) is -2.22. The van der Waals surface area contributed by atoms with Gasteiger partial charge in [0.15, 0.2) is 0 Å². The Hall–Kier alpha value is -1.20. The van der Waals surface area contributed by atoms with Gasteiger partial charge in [0.2, 0.25) is 0 Å². The van der Waals surface area contributed by atoms with E-state index >= 15 is 0 Å². The maximum absolute atomic E-state index is 12.2. The Morgan fingerprint density at radius 2 is 1.38 bits per heavy atom. The summed E-state index contributed by atoms with van der Waals surface area (Å²) in [7, 11) is -4.31. The van der Waals surface area contributed by atoms with Crippen LogP contribution in [0.15, 0.2) is 24.3 Å². The van der Waals surface area contributed by atoms with Crippen molar-refractivity contribution < 1.29 is 72.5 Å². The van der Waals surface area contributed by atoms with E-state index in [1.807, 2.05) is 0 Å². The van der Waals surface area contributed by atoms with E-state index in [9.17, 15) is 22.8 Å². The molecule has 0 amide bonds. The van der Waals surface area contributed by atoms with Crippen LogP contribution in [0.3, 0.4) is 0 Å². The van der Waals surface area contributed by atoms with Crippen LogP contribution in [0.1, 0.15) is 22.2 Å². The smallest absolute Gasteiger partial charge is 1.00 e. The number of hydrogen-bond donors (Lipinski definition) is 1. The summed E-state index contributed by atoms with van der Waals surface area (Å²) in [4.78, 5) is 35.2. The molecule has 0 fully saturated rings. The monoisotopic (exact) mass is 402 g/mol. The minimum absolute atomic E-state index is 0. The van der Waals surface area contributed by atoms with Crippen LogP contribution in [0, 0.1) is 5.41 Å². The summed E-state index contributed by atoms with van der Waals surface area (Å²) in [6.07, 6.45) is 0. The Morgan fingerprint density at radius 1 is 1.00 bits per heavy atom. The fourth-order valence-electron chi connectivity index (χ4n) is 1.27. The number of carbonyl (C=O) groups excluding carboxylic acids is 3. The minimum Gasteiger partial charge on any atom is -1.00 e. The molecular formula is C15H23NaO9S. The molecule has 0 aromatic heterocycles.